The average molecular weight is 311 g/mol. The Morgan fingerprint density at radius 1 is 1.17 bits per heavy atom. The van der Waals surface area contributed by atoms with Crippen molar-refractivity contribution in [3.05, 3.63) is 23.9 Å². The Kier molecular flexibility index (Phi) is 2.68. The summed E-state index contributed by atoms with van der Waals surface area (Å²) in [7, 11) is 0. The highest BCUT2D eigenvalue weighted by molar-refractivity contribution is 5.98. The van der Waals surface area contributed by atoms with Gasteiger partial charge in [0.25, 0.3) is 0 Å². The Morgan fingerprint density at radius 3 is 2.78 bits per heavy atom. The molecule has 0 bridgehead atoms. The lowest BCUT2D eigenvalue weighted by Crippen LogP contribution is -2.14. The Hall–Kier alpha value is -2.50. The van der Waals surface area contributed by atoms with Crippen molar-refractivity contribution >= 4 is 11.6 Å². The Labute approximate surface area is 133 Å². The van der Waals surface area contributed by atoms with E-state index in [-0.39, 0.29) is 18.6 Å². The lowest BCUT2D eigenvalue weighted by molar-refractivity contribution is -0.117. The highest BCUT2D eigenvalue weighted by Gasteiger charge is 2.34. The molecule has 2 fully saturated rings. The van der Waals surface area contributed by atoms with E-state index in [0.29, 0.717) is 5.92 Å². The minimum atomic E-state index is 0.107. The lowest BCUT2D eigenvalue weighted by Gasteiger charge is -2.08. The van der Waals surface area contributed by atoms with Crippen LogP contribution in [0.25, 0.3) is 11.3 Å². The van der Waals surface area contributed by atoms with Gasteiger partial charge < -0.3 is 14.8 Å². The van der Waals surface area contributed by atoms with Crippen molar-refractivity contribution in [2.24, 2.45) is 5.92 Å². The number of hydrogen-bond donors (Lipinski definition) is 2. The molecule has 2 saturated carbocycles. The number of carbonyl (C=O) groups is 1. The molecule has 6 nitrogen and oxygen atoms in total. The highest BCUT2D eigenvalue weighted by atomic mass is 16.7. The molecule has 0 saturated heterocycles. The zero-order chi connectivity index (χ0) is 15.4. The molecule has 3 aliphatic rings. The average Bonchev–Trinajstić information content (AvgIpc) is 3.48. The molecule has 1 aliphatic heterocycles. The quantitative estimate of drug-likeness (QED) is 0.910. The predicted octanol–water partition coefficient (Wildman–Crippen LogP) is 3.03. The van der Waals surface area contributed by atoms with Gasteiger partial charge in [-0.1, -0.05) is 0 Å². The van der Waals surface area contributed by atoms with E-state index >= 15 is 0 Å². The first-order valence-corrected chi connectivity index (χ1v) is 8.09. The van der Waals surface area contributed by atoms with E-state index in [1.165, 1.54) is 0 Å². The van der Waals surface area contributed by atoms with Crippen LogP contribution >= 0.6 is 0 Å². The third-order valence-corrected chi connectivity index (χ3v) is 4.62. The number of aromatic nitrogens is 2. The number of fused-ring (bicyclic) bond motifs is 1. The minimum Gasteiger partial charge on any atom is -0.454 e. The minimum absolute atomic E-state index is 0.107. The maximum Gasteiger partial charge on any atom is 0.231 e. The number of rotatable bonds is 4. The fourth-order valence-electron chi connectivity index (χ4n) is 2.97. The number of amides is 1. The molecule has 23 heavy (non-hydrogen) atoms. The first kappa shape index (κ1) is 13.0. The summed E-state index contributed by atoms with van der Waals surface area (Å²) in [5, 5.41) is 10.7. The first-order chi connectivity index (χ1) is 11.3. The van der Waals surface area contributed by atoms with Crippen LogP contribution in [0.1, 0.15) is 37.3 Å². The summed E-state index contributed by atoms with van der Waals surface area (Å²) in [5.74, 6) is 2.23. The molecule has 1 aromatic carbocycles. The molecule has 1 amide bonds. The summed E-state index contributed by atoms with van der Waals surface area (Å²) in [6.45, 7) is 0.248. The van der Waals surface area contributed by atoms with Gasteiger partial charge in [0.1, 0.15) is 5.69 Å². The number of benzene rings is 1. The summed E-state index contributed by atoms with van der Waals surface area (Å²) >= 11 is 0. The van der Waals surface area contributed by atoms with E-state index in [1.807, 2.05) is 18.2 Å². The maximum absolute atomic E-state index is 12.2. The zero-order valence-corrected chi connectivity index (χ0v) is 12.6. The van der Waals surface area contributed by atoms with Crippen molar-refractivity contribution in [3.8, 4) is 22.8 Å². The summed E-state index contributed by atoms with van der Waals surface area (Å²) < 4.78 is 10.8. The molecular formula is C17H17N3O3. The summed E-state index contributed by atoms with van der Waals surface area (Å²) in [5.41, 5.74) is 3.58. The van der Waals surface area contributed by atoms with Crippen molar-refractivity contribution in [2.75, 3.05) is 12.1 Å². The van der Waals surface area contributed by atoms with Crippen LogP contribution in [0.2, 0.25) is 0 Å². The van der Waals surface area contributed by atoms with Gasteiger partial charge in [0.15, 0.2) is 11.5 Å². The van der Waals surface area contributed by atoms with Gasteiger partial charge >= 0.3 is 0 Å². The van der Waals surface area contributed by atoms with Crippen LogP contribution in [-0.4, -0.2) is 22.9 Å². The van der Waals surface area contributed by atoms with Gasteiger partial charge in [-0.05, 0) is 43.9 Å². The number of nitrogens with one attached hydrogen (secondary N) is 2. The van der Waals surface area contributed by atoms with E-state index in [4.69, 9.17) is 9.47 Å². The van der Waals surface area contributed by atoms with Crippen LogP contribution < -0.4 is 14.8 Å². The van der Waals surface area contributed by atoms with Crippen LogP contribution in [0.15, 0.2) is 18.2 Å². The molecule has 6 heteroatoms. The number of aromatic amines is 1. The van der Waals surface area contributed by atoms with Gasteiger partial charge in [-0.25, -0.2) is 0 Å². The molecule has 2 N–H and O–H groups in total. The molecule has 2 aliphatic carbocycles. The standard InChI is InChI=1S/C17H17N3O3/c21-17(10-3-4-10)18-16-14(9-1-2-9)19-20-15(16)11-5-6-12-13(7-11)23-8-22-12/h5-7,9-10H,1-4,8H2,(H,18,21)(H,19,20). The molecule has 0 spiro atoms. The summed E-state index contributed by atoms with van der Waals surface area (Å²) in [6.07, 6.45) is 4.27. The van der Waals surface area contributed by atoms with Crippen LogP contribution in [-0.2, 0) is 4.79 Å². The largest absolute Gasteiger partial charge is 0.454 e. The molecule has 5 rings (SSSR count). The Bertz CT molecular complexity index is 790. The first-order valence-electron chi connectivity index (χ1n) is 8.09. The maximum atomic E-state index is 12.2. The number of H-pyrrole nitrogens is 1. The summed E-state index contributed by atoms with van der Waals surface area (Å²) in [6, 6.07) is 5.75. The van der Waals surface area contributed by atoms with Gasteiger partial charge in [0.05, 0.1) is 11.4 Å². The molecular weight excluding hydrogens is 294 g/mol. The molecule has 0 atom stereocenters. The van der Waals surface area contributed by atoms with Crippen LogP contribution in [0, 0.1) is 5.92 Å². The number of carbonyl (C=O) groups excluding carboxylic acids is 1. The van der Waals surface area contributed by atoms with Crippen molar-refractivity contribution in [3.63, 3.8) is 0 Å². The zero-order valence-electron chi connectivity index (χ0n) is 12.6. The highest BCUT2D eigenvalue weighted by Crippen LogP contribution is 2.46. The smallest absolute Gasteiger partial charge is 0.231 e. The number of ether oxygens (including phenoxy) is 2. The third kappa shape index (κ3) is 2.25. The fourth-order valence-corrected chi connectivity index (χ4v) is 2.97. The van der Waals surface area contributed by atoms with Gasteiger partial charge in [-0.15, -0.1) is 0 Å². The number of nitrogens with zero attached hydrogens (tertiary/aromatic N) is 1. The molecule has 1 aromatic heterocycles. The predicted molar refractivity (Wildman–Crippen MR) is 83.5 cm³/mol. The second kappa shape index (κ2) is 4.75. The van der Waals surface area contributed by atoms with Crippen molar-refractivity contribution in [1.82, 2.24) is 10.2 Å². The van der Waals surface area contributed by atoms with E-state index in [2.05, 4.69) is 15.5 Å². The third-order valence-electron chi connectivity index (χ3n) is 4.62. The van der Waals surface area contributed by atoms with Gasteiger partial charge in [-0.2, -0.15) is 5.10 Å². The molecule has 2 heterocycles. The molecule has 2 aromatic rings. The van der Waals surface area contributed by atoms with Gasteiger partial charge in [0.2, 0.25) is 12.7 Å². The summed E-state index contributed by atoms with van der Waals surface area (Å²) in [4.78, 5) is 12.2. The van der Waals surface area contributed by atoms with Crippen molar-refractivity contribution < 1.29 is 14.3 Å². The van der Waals surface area contributed by atoms with Crippen LogP contribution in [0.3, 0.4) is 0 Å². The van der Waals surface area contributed by atoms with E-state index < -0.39 is 0 Å². The molecule has 0 unspecified atom stereocenters. The van der Waals surface area contributed by atoms with E-state index in [9.17, 15) is 4.79 Å². The SMILES string of the molecule is O=C(Nc1c(-c2ccc3c(c2)OCO3)n[nH]c1C1CC1)C1CC1. The molecule has 118 valence electrons. The molecule has 0 radical (unpaired) electrons. The fraction of sp³-hybridized carbons (Fsp3) is 0.412. The Morgan fingerprint density at radius 2 is 2.00 bits per heavy atom. The van der Waals surface area contributed by atoms with Crippen LogP contribution in [0.4, 0.5) is 5.69 Å². The normalized spacial score (nSPS) is 19.0. The van der Waals surface area contributed by atoms with Crippen molar-refractivity contribution in [2.45, 2.75) is 31.6 Å². The van der Waals surface area contributed by atoms with Gasteiger partial charge in [0, 0.05) is 17.4 Å². The number of anilines is 1. The van der Waals surface area contributed by atoms with E-state index in [1.54, 1.807) is 0 Å². The second-order valence-corrected chi connectivity index (χ2v) is 6.47. The Balaban J connectivity index is 1.54. The van der Waals surface area contributed by atoms with E-state index in [0.717, 1.165) is 59.8 Å². The monoisotopic (exact) mass is 311 g/mol. The van der Waals surface area contributed by atoms with Crippen molar-refractivity contribution in [1.29, 1.82) is 0 Å². The topological polar surface area (TPSA) is 76.2 Å². The van der Waals surface area contributed by atoms with Crippen LogP contribution in [0.5, 0.6) is 11.5 Å². The number of hydrogen-bond acceptors (Lipinski definition) is 4. The lowest BCUT2D eigenvalue weighted by atomic mass is 10.1. The van der Waals surface area contributed by atoms with Gasteiger partial charge in [-0.3, -0.25) is 9.89 Å². The second-order valence-electron chi connectivity index (χ2n) is 6.47.